The predicted molar refractivity (Wildman–Crippen MR) is 81.9 cm³/mol. The van der Waals surface area contributed by atoms with Gasteiger partial charge in [-0.05, 0) is 29.7 Å². The molecule has 19 heavy (non-hydrogen) atoms. The van der Waals surface area contributed by atoms with Crippen molar-refractivity contribution in [2.24, 2.45) is 0 Å². The maximum atomic E-state index is 6.33. The second kappa shape index (κ2) is 5.10. The Labute approximate surface area is 119 Å². The summed E-state index contributed by atoms with van der Waals surface area (Å²) < 4.78 is 0. The molecule has 2 heteroatoms. The van der Waals surface area contributed by atoms with E-state index in [9.17, 15) is 0 Å². The van der Waals surface area contributed by atoms with Gasteiger partial charge >= 0.3 is 0 Å². The first-order valence-corrected chi connectivity index (χ1v) is 6.90. The second-order valence-electron chi connectivity index (χ2n) is 4.77. The van der Waals surface area contributed by atoms with Gasteiger partial charge in [0.15, 0.2) is 0 Å². The van der Waals surface area contributed by atoms with E-state index in [1.165, 1.54) is 11.3 Å². The molecule has 0 radical (unpaired) electrons. The minimum Gasteiger partial charge on any atom is -0.360 e. The van der Waals surface area contributed by atoms with Crippen LogP contribution < -0.4 is 4.90 Å². The van der Waals surface area contributed by atoms with Gasteiger partial charge < -0.3 is 4.90 Å². The molecule has 0 bridgehead atoms. The quantitative estimate of drug-likeness (QED) is 0.735. The number of benzene rings is 2. The van der Waals surface area contributed by atoms with Crippen molar-refractivity contribution in [2.45, 2.75) is 12.5 Å². The highest BCUT2D eigenvalue weighted by Gasteiger charge is 2.25. The summed E-state index contributed by atoms with van der Waals surface area (Å²) >= 11 is 6.33. The van der Waals surface area contributed by atoms with E-state index in [1.54, 1.807) is 0 Å². The highest BCUT2D eigenvalue weighted by atomic mass is 35.5. The number of hydrogen-bond acceptors (Lipinski definition) is 1. The summed E-state index contributed by atoms with van der Waals surface area (Å²) in [7, 11) is 0. The molecule has 96 valence electrons. The number of rotatable bonds is 3. The van der Waals surface area contributed by atoms with Gasteiger partial charge in [-0.1, -0.05) is 54.1 Å². The molecule has 0 spiro atoms. The molecule has 2 aromatic rings. The van der Waals surface area contributed by atoms with Crippen molar-refractivity contribution in [3.05, 3.63) is 77.3 Å². The number of fused-ring (bicyclic) bond motifs is 1. The maximum Gasteiger partial charge on any atom is 0.0738 e. The van der Waals surface area contributed by atoms with Gasteiger partial charge in [0.1, 0.15) is 0 Å². The largest absolute Gasteiger partial charge is 0.360 e. The number of anilines is 1. The third-order valence-corrected chi connectivity index (χ3v) is 4.05. The van der Waals surface area contributed by atoms with Crippen molar-refractivity contribution in [1.29, 1.82) is 0 Å². The fraction of sp³-hybridized carbons (Fsp3) is 0.176. The average Bonchev–Trinajstić information content (AvgIpc) is 2.86. The zero-order valence-electron chi connectivity index (χ0n) is 10.7. The molecule has 2 aromatic carbocycles. The molecule has 1 atom stereocenters. The van der Waals surface area contributed by atoms with Crippen molar-refractivity contribution in [2.75, 3.05) is 11.4 Å². The van der Waals surface area contributed by atoms with Crippen LogP contribution >= 0.6 is 11.6 Å². The van der Waals surface area contributed by atoms with Crippen LogP contribution in [0.1, 0.15) is 17.2 Å². The van der Waals surface area contributed by atoms with Gasteiger partial charge in [-0.3, -0.25) is 0 Å². The Morgan fingerprint density at radius 3 is 2.63 bits per heavy atom. The Bertz CT molecular complexity index is 606. The number of halogens is 1. The van der Waals surface area contributed by atoms with E-state index >= 15 is 0 Å². The molecule has 1 nitrogen and oxygen atoms in total. The van der Waals surface area contributed by atoms with Crippen LogP contribution in [0.3, 0.4) is 0 Å². The molecule has 0 aliphatic carbocycles. The monoisotopic (exact) mass is 269 g/mol. The third-order valence-electron chi connectivity index (χ3n) is 3.71. The average molecular weight is 270 g/mol. The Morgan fingerprint density at radius 2 is 1.84 bits per heavy atom. The zero-order chi connectivity index (χ0) is 13.2. The standard InChI is InChI=1S/C17H16ClN/c1-2-16(14-8-4-5-9-15(14)18)19-12-11-13-7-3-6-10-17(13)19/h2-10,16H,1,11-12H2. The summed E-state index contributed by atoms with van der Waals surface area (Å²) in [4.78, 5) is 2.38. The van der Waals surface area contributed by atoms with Crippen LogP contribution in [0.2, 0.25) is 5.02 Å². The van der Waals surface area contributed by atoms with Gasteiger partial charge in [-0.2, -0.15) is 0 Å². The Hall–Kier alpha value is -1.73. The van der Waals surface area contributed by atoms with Crippen LogP contribution in [-0.4, -0.2) is 6.54 Å². The molecule has 0 saturated heterocycles. The molecule has 0 N–H and O–H groups in total. The van der Waals surface area contributed by atoms with Gasteiger partial charge in [-0.15, -0.1) is 6.58 Å². The molecule has 1 aliphatic rings. The van der Waals surface area contributed by atoms with Gasteiger partial charge in [0.05, 0.1) is 6.04 Å². The molecular formula is C17H16ClN. The minimum absolute atomic E-state index is 0.136. The van der Waals surface area contributed by atoms with Crippen LogP contribution in [0.25, 0.3) is 0 Å². The molecule has 0 amide bonds. The highest BCUT2D eigenvalue weighted by Crippen LogP contribution is 2.37. The molecule has 1 aliphatic heterocycles. The number of para-hydroxylation sites is 1. The molecule has 1 heterocycles. The lowest BCUT2D eigenvalue weighted by Gasteiger charge is -2.29. The highest BCUT2D eigenvalue weighted by molar-refractivity contribution is 6.31. The lowest BCUT2D eigenvalue weighted by Crippen LogP contribution is -2.25. The zero-order valence-corrected chi connectivity index (χ0v) is 11.5. The maximum absolute atomic E-state index is 6.33. The van der Waals surface area contributed by atoms with Crippen LogP contribution in [0, 0.1) is 0 Å². The van der Waals surface area contributed by atoms with Crippen molar-refractivity contribution in [3.63, 3.8) is 0 Å². The minimum atomic E-state index is 0.136. The molecule has 3 rings (SSSR count). The van der Waals surface area contributed by atoms with E-state index in [1.807, 2.05) is 24.3 Å². The van der Waals surface area contributed by atoms with E-state index in [-0.39, 0.29) is 6.04 Å². The van der Waals surface area contributed by atoms with Crippen LogP contribution in [0.5, 0.6) is 0 Å². The summed E-state index contributed by atoms with van der Waals surface area (Å²) in [5.74, 6) is 0. The SMILES string of the molecule is C=CC(c1ccccc1Cl)N1CCc2ccccc21. The third kappa shape index (κ3) is 2.15. The van der Waals surface area contributed by atoms with Gasteiger partial charge in [0.2, 0.25) is 0 Å². The summed E-state index contributed by atoms with van der Waals surface area (Å²) in [6.45, 7) is 5.01. The Morgan fingerprint density at radius 1 is 1.11 bits per heavy atom. The van der Waals surface area contributed by atoms with Gasteiger partial charge in [-0.25, -0.2) is 0 Å². The summed E-state index contributed by atoms with van der Waals surface area (Å²) in [5.41, 5.74) is 3.82. The first kappa shape index (κ1) is 12.3. The van der Waals surface area contributed by atoms with Crippen LogP contribution in [0.4, 0.5) is 5.69 Å². The first-order chi connectivity index (χ1) is 9.31. The van der Waals surface area contributed by atoms with E-state index in [2.05, 4.69) is 41.8 Å². The van der Waals surface area contributed by atoms with Crippen LogP contribution in [-0.2, 0) is 6.42 Å². The summed E-state index contributed by atoms with van der Waals surface area (Å²) in [6.07, 6.45) is 3.06. The predicted octanol–water partition coefficient (Wildman–Crippen LogP) is 4.63. The topological polar surface area (TPSA) is 3.24 Å². The molecular weight excluding hydrogens is 254 g/mol. The Balaban J connectivity index is 2.02. The van der Waals surface area contributed by atoms with E-state index in [0.717, 1.165) is 23.6 Å². The lowest BCUT2D eigenvalue weighted by molar-refractivity contribution is 0.755. The van der Waals surface area contributed by atoms with E-state index in [4.69, 9.17) is 11.6 Å². The fourth-order valence-corrected chi connectivity index (χ4v) is 3.04. The first-order valence-electron chi connectivity index (χ1n) is 6.53. The van der Waals surface area contributed by atoms with Crippen molar-refractivity contribution < 1.29 is 0 Å². The summed E-state index contributed by atoms with van der Waals surface area (Å²) in [6, 6.07) is 16.7. The number of nitrogens with zero attached hydrogens (tertiary/aromatic N) is 1. The van der Waals surface area contributed by atoms with E-state index in [0.29, 0.717) is 0 Å². The smallest absolute Gasteiger partial charge is 0.0738 e. The Kier molecular flexibility index (Phi) is 3.31. The van der Waals surface area contributed by atoms with Gasteiger partial charge in [0.25, 0.3) is 0 Å². The van der Waals surface area contributed by atoms with Crippen molar-refractivity contribution in [1.82, 2.24) is 0 Å². The normalized spacial score (nSPS) is 15.1. The summed E-state index contributed by atoms with van der Waals surface area (Å²) in [5, 5.41) is 0.803. The molecule has 0 fully saturated rings. The number of hydrogen-bond donors (Lipinski definition) is 0. The van der Waals surface area contributed by atoms with Crippen LogP contribution in [0.15, 0.2) is 61.2 Å². The van der Waals surface area contributed by atoms with E-state index < -0.39 is 0 Å². The molecule has 0 aromatic heterocycles. The second-order valence-corrected chi connectivity index (χ2v) is 5.18. The lowest BCUT2D eigenvalue weighted by atomic mass is 10.0. The van der Waals surface area contributed by atoms with Crippen molar-refractivity contribution >= 4 is 17.3 Å². The molecule has 1 unspecified atom stereocenters. The molecule has 0 saturated carbocycles. The fourth-order valence-electron chi connectivity index (χ4n) is 2.79. The van der Waals surface area contributed by atoms with Crippen molar-refractivity contribution in [3.8, 4) is 0 Å². The van der Waals surface area contributed by atoms with Gasteiger partial charge in [0, 0.05) is 17.3 Å².